The fourth-order valence-electron chi connectivity index (χ4n) is 2.32. The molecule has 0 heterocycles. The lowest BCUT2D eigenvalue weighted by Gasteiger charge is -2.26. The Morgan fingerprint density at radius 2 is 1.94 bits per heavy atom. The largest absolute Gasteiger partial charge is 0.544 e. The second kappa shape index (κ2) is 5.15. The summed E-state index contributed by atoms with van der Waals surface area (Å²) in [5.74, 6) is 1.06. The molecule has 1 aromatic rings. The van der Waals surface area contributed by atoms with Gasteiger partial charge in [-0.2, -0.15) is 0 Å². The smallest absolute Gasteiger partial charge is 0.242 e. The molecule has 0 N–H and O–H groups in total. The topological polar surface area (TPSA) is 9.23 Å². The zero-order chi connectivity index (χ0) is 13.2. The first-order valence-electron chi connectivity index (χ1n) is 6.65. The maximum absolute atomic E-state index is 6.22. The minimum Gasteiger partial charge on any atom is -0.544 e. The lowest BCUT2D eigenvalue weighted by molar-refractivity contribution is 0.445. The Labute approximate surface area is 111 Å². The minimum absolute atomic E-state index is 1.06. The maximum atomic E-state index is 6.22. The Bertz CT molecular complexity index is 492. The van der Waals surface area contributed by atoms with E-state index in [-0.39, 0.29) is 0 Å². The molecule has 1 aliphatic carbocycles. The molecular weight excluding hydrogens is 236 g/mol. The van der Waals surface area contributed by atoms with Gasteiger partial charge in [0.25, 0.3) is 0 Å². The molecule has 0 saturated carbocycles. The van der Waals surface area contributed by atoms with Crippen molar-refractivity contribution >= 4 is 13.9 Å². The maximum Gasteiger partial charge on any atom is 0.242 e. The van der Waals surface area contributed by atoms with Gasteiger partial charge in [0.15, 0.2) is 0 Å². The first-order chi connectivity index (χ1) is 8.51. The third-order valence-electron chi connectivity index (χ3n) is 3.01. The molecule has 1 nitrogen and oxygen atoms in total. The summed E-state index contributed by atoms with van der Waals surface area (Å²) in [4.78, 5) is 0. The molecule has 0 radical (unpaired) electrons. The number of fused-ring (bicyclic) bond motifs is 1. The Morgan fingerprint density at radius 1 is 1.22 bits per heavy atom. The van der Waals surface area contributed by atoms with E-state index >= 15 is 0 Å². The van der Waals surface area contributed by atoms with Crippen LogP contribution in [-0.4, -0.2) is 8.32 Å². The third-order valence-corrected chi connectivity index (χ3v) is 3.85. The van der Waals surface area contributed by atoms with E-state index in [9.17, 15) is 0 Å². The molecule has 96 valence electrons. The number of hydrogen-bond acceptors (Lipinski definition) is 1. The van der Waals surface area contributed by atoms with Crippen molar-refractivity contribution in [1.82, 2.24) is 0 Å². The van der Waals surface area contributed by atoms with Crippen molar-refractivity contribution < 1.29 is 4.43 Å². The van der Waals surface area contributed by atoms with Crippen LogP contribution in [0.1, 0.15) is 24.5 Å². The molecule has 1 aliphatic rings. The number of hydrogen-bond donors (Lipinski definition) is 0. The second-order valence-corrected chi connectivity index (χ2v) is 10.1. The molecule has 0 aliphatic heterocycles. The van der Waals surface area contributed by atoms with Gasteiger partial charge in [0.1, 0.15) is 5.76 Å². The van der Waals surface area contributed by atoms with Crippen LogP contribution < -0.4 is 0 Å². The van der Waals surface area contributed by atoms with E-state index < -0.39 is 8.32 Å². The highest BCUT2D eigenvalue weighted by Crippen LogP contribution is 2.33. The molecule has 2 rings (SSSR count). The molecule has 1 aromatic carbocycles. The molecule has 0 spiro atoms. The van der Waals surface area contributed by atoms with Crippen molar-refractivity contribution in [3.05, 3.63) is 53.3 Å². The van der Waals surface area contributed by atoms with Crippen LogP contribution in [0.2, 0.25) is 19.6 Å². The van der Waals surface area contributed by atoms with E-state index in [4.69, 9.17) is 4.43 Å². The van der Waals surface area contributed by atoms with Crippen molar-refractivity contribution in [2.45, 2.75) is 39.4 Å². The Morgan fingerprint density at radius 3 is 2.61 bits per heavy atom. The molecule has 0 unspecified atom stereocenters. The number of benzene rings is 1. The van der Waals surface area contributed by atoms with E-state index in [0.29, 0.717) is 0 Å². The summed E-state index contributed by atoms with van der Waals surface area (Å²) in [5.41, 5.74) is 4.06. The van der Waals surface area contributed by atoms with Gasteiger partial charge in [0, 0.05) is 5.57 Å². The minimum atomic E-state index is -1.56. The molecule has 2 heteroatoms. The van der Waals surface area contributed by atoms with Crippen LogP contribution in [0.3, 0.4) is 0 Å². The van der Waals surface area contributed by atoms with Crippen molar-refractivity contribution in [3.8, 4) is 0 Å². The highest BCUT2D eigenvalue weighted by molar-refractivity contribution is 6.70. The average Bonchev–Trinajstić information content (AvgIpc) is 2.34. The van der Waals surface area contributed by atoms with Crippen LogP contribution in [-0.2, 0) is 10.8 Å². The SMILES string of the molecule is C/C=C(\O[Si](C)(C)C)C1=CCCc2ccccc21. The molecule has 0 amide bonds. The van der Waals surface area contributed by atoms with Crippen molar-refractivity contribution in [3.63, 3.8) is 0 Å². The van der Waals surface area contributed by atoms with Gasteiger partial charge >= 0.3 is 0 Å². The van der Waals surface area contributed by atoms with Gasteiger partial charge < -0.3 is 4.43 Å². The van der Waals surface area contributed by atoms with Gasteiger partial charge in [-0.25, -0.2) is 0 Å². The van der Waals surface area contributed by atoms with Crippen molar-refractivity contribution in [2.24, 2.45) is 0 Å². The van der Waals surface area contributed by atoms with Gasteiger partial charge in [-0.1, -0.05) is 30.3 Å². The van der Waals surface area contributed by atoms with Gasteiger partial charge in [-0.15, -0.1) is 0 Å². The summed E-state index contributed by atoms with van der Waals surface area (Å²) in [6.45, 7) is 8.75. The first-order valence-corrected chi connectivity index (χ1v) is 10.1. The summed E-state index contributed by atoms with van der Waals surface area (Å²) in [5, 5.41) is 0. The highest BCUT2D eigenvalue weighted by atomic mass is 28.4. The summed E-state index contributed by atoms with van der Waals surface area (Å²) in [6, 6.07) is 8.66. The van der Waals surface area contributed by atoms with Crippen LogP contribution >= 0.6 is 0 Å². The fourth-order valence-corrected chi connectivity index (χ4v) is 3.20. The lowest BCUT2D eigenvalue weighted by atomic mass is 9.90. The zero-order valence-electron chi connectivity index (χ0n) is 11.8. The van der Waals surface area contributed by atoms with Crippen LogP contribution in [0.25, 0.3) is 5.57 Å². The van der Waals surface area contributed by atoms with E-state index in [1.165, 1.54) is 16.7 Å². The summed E-state index contributed by atoms with van der Waals surface area (Å²) < 4.78 is 6.22. The molecule has 0 atom stereocenters. The normalized spacial score (nSPS) is 16.0. The monoisotopic (exact) mass is 258 g/mol. The number of rotatable bonds is 3. The van der Waals surface area contributed by atoms with E-state index in [2.05, 4.69) is 63.0 Å². The lowest BCUT2D eigenvalue weighted by Crippen LogP contribution is -2.25. The quantitative estimate of drug-likeness (QED) is 0.560. The van der Waals surface area contributed by atoms with Gasteiger partial charge in [0.2, 0.25) is 8.32 Å². The Hall–Kier alpha value is -1.28. The van der Waals surface area contributed by atoms with E-state index in [1.54, 1.807) is 0 Å². The van der Waals surface area contributed by atoms with Crippen LogP contribution in [0.4, 0.5) is 0 Å². The van der Waals surface area contributed by atoms with Crippen molar-refractivity contribution in [1.29, 1.82) is 0 Å². The average molecular weight is 258 g/mol. The molecule has 0 bridgehead atoms. The molecule has 0 saturated heterocycles. The first kappa shape index (κ1) is 13.2. The predicted octanol–water partition coefficient (Wildman–Crippen LogP) is 4.77. The fraction of sp³-hybridized carbons (Fsp3) is 0.375. The Balaban J connectivity index is 2.36. The standard InChI is InChI=1S/C16H22OSi/c1-5-16(17-18(2,3)4)15-12-8-10-13-9-6-7-11-14(13)15/h5-7,9,11-12H,8,10H2,1-4H3/b16-5-. The van der Waals surface area contributed by atoms with Crippen LogP contribution in [0.5, 0.6) is 0 Å². The van der Waals surface area contributed by atoms with Crippen LogP contribution in [0, 0.1) is 0 Å². The van der Waals surface area contributed by atoms with Gasteiger partial charge in [0.05, 0.1) is 0 Å². The number of aryl methyl sites for hydroxylation is 1. The Kier molecular flexibility index (Phi) is 3.76. The molecule has 0 fully saturated rings. The van der Waals surface area contributed by atoms with E-state index in [0.717, 1.165) is 18.6 Å². The molecular formula is C16H22OSi. The van der Waals surface area contributed by atoms with Gasteiger partial charge in [-0.3, -0.25) is 0 Å². The molecule has 0 aromatic heterocycles. The third kappa shape index (κ3) is 2.93. The predicted molar refractivity (Wildman–Crippen MR) is 80.9 cm³/mol. The van der Waals surface area contributed by atoms with E-state index in [1.807, 2.05) is 0 Å². The van der Waals surface area contributed by atoms with Crippen molar-refractivity contribution in [2.75, 3.05) is 0 Å². The summed E-state index contributed by atoms with van der Waals surface area (Å²) >= 11 is 0. The molecule has 18 heavy (non-hydrogen) atoms. The summed E-state index contributed by atoms with van der Waals surface area (Å²) in [6.07, 6.45) is 6.67. The zero-order valence-corrected chi connectivity index (χ0v) is 12.8. The highest BCUT2D eigenvalue weighted by Gasteiger charge is 2.22. The second-order valence-electron chi connectivity index (χ2n) is 5.68. The summed E-state index contributed by atoms with van der Waals surface area (Å²) in [7, 11) is -1.56. The van der Waals surface area contributed by atoms with Crippen LogP contribution in [0.15, 0.2) is 42.2 Å². The van der Waals surface area contributed by atoms with Gasteiger partial charge in [-0.05, 0) is 56.6 Å². The number of allylic oxidation sites excluding steroid dienone is 3.